The number of thiazole rings is 1. The number of aryl methyl sites for hydroxylation is 1. The van der Waals surface area contributed by atoms with E-state index >= 15 is 0 Å². The summed E-state index contributed by atoms with van der Waals surface area (Å²) in [4.78, 5) is 23.4. The van der Waals surface area contributed by atoms with Gasteiger partial charge in [0.1, 0.15) is 10.7 Å². The number of hydrogen-bond donors (Lipinski definition) is 1. The number of thioether (sulfide) groups is 1. The van der Waals surface area contributed by atoms with Crippen molar-refractivity contribution < 1.29 is 4.79 Å². The van der Waals surface area contributed by atoms with Crippen LogP contribution >= 0.6 is 23.1 Å². The normalized spacial score (nSPS) is 11.6. The van der Waals surface area contributed by atoms with Crippen molar-refractivity contribution in [2.24, 2.45) is 5.10 Å². The lowest BCUT2D eigenvalue weighted by atomic mass is 10.1. The molecule has 0 saturated heterocycles. The van der Waals surface area contributed by atoms with Gasteiger partial charge < -0.3 is 0 Å². The van der Waals surface area contributed by atoms with Crippen molar-refractivity contribution in [3.63, 3.8) is 0 Å². The van der Waals surface area contributed by atoms with Crippen LogP contribution in [0.5, 0.6) is 0 Å². The fourth-order valence-electron chi connectivity index (χ4n) is 4.29. The molecule has 0 aliphatic rings. The second kappa shape index (κ2) is 11.7. The minimum atomic E-state index is -0.218. The summed E-state index contributed by atoms with van der Waals surface area (Å²) in [6.07, 6.45) is 0. The third-order valence-electron chi connectivity index (χ3n) is 6.27. The van der Waals surface area contributed by atoms with Gasteiger partial charge in [0, 0.05) is 16.6 Å². The summed E-state index contributed by atoms with van der Waals surface area (Å²) >= 11 is 2.84. The molecule has 0 aliphatic carbocycles. The summed E-state index contributed by atoms with van der Waals surface area (Å²) in [5, 5.41) is 7.29. The van der Waals surface area contributed by atoms with Crippen molar-refractivity contribution >= 4 is 40.0 Å². The summed E-state index contributed by atoms with van der Waals surface area (Å²) in [6.45, 7) is 2.06. The summed E-state index contributed by atoms with van der Waals surface area (Å²) in [6, 6.07) is 36.1. The number of benzene rings is 4. The Morgan fingerprint density at radius 2 is 1.45 bits per heavy atom. The van der Waals surface area contributed by atoms with Crippen LogP contribution < -0.4 is 10.2 Å². The van der Waals surface area contributed by atoms with Crippen LogP contribution in [0.4, 0.5) is 0 Å². The Balaban J connectivity index is 1.27. The molecule has 0 bridgehead atoms. The van der Waals surface area contributed by atoms with E-state index in [2.05, 4.69) is 63.8 Å². The van der Waals surface area contributed by atoms with Gasteiger partial charge in [0.25, 0.3) is 5.91 Å². The molecular formula is C32H25N5OS2. The summed E-state index contributed by atoms with van der Waals surface area (Å²) < 4.78 is 2.06. The SMILES string of the molecule is Cc1ccc(-n2c(-c3ccccc3)cs/c2=N\NC(=O)CSc2nc3ccccc3nc2-c2ccccc2)cc1. The molecule has 0 aliphatic heterocycles. The van der Waals surface area contributed by atoms with Crippen LogP contribution in [0, 0.1) is 6.92 Å². The molecule has 196 valence electrons. The molecule has 1 N–H and O–H groups in total. The fourth-order valence-corrected chi connectivity index (χ4v) is 5.95. The number of nitrogens with zero attached hydrogens (tertiary/aromatic N) is 4. The first kappa shape index (κ1) is 25.7. The maximum atomic E-state index is 13.0. The van der Waals surface area contributed by atoms with Crippen LogP contribution in [0.25, 0.3) is 39.2 Å². The number of hydrogen-bond acceptors (Lipinski definition) is 6. The first-order chi connectivity index (χ1) is 19.7. The zero-order chi connectivity index (χ0) is 27.3. The Labute approximate surface area is 240 Å². The third kappa shape index (κ3) is 5.59. The van der Waals surface area contributed by atoms with E-state index in [0.29, 0.717) is 9.83 Å². The lowest BCUT2D eigenvalue weighted by Crippen LogP contribution is -2.25. The van der Waals surface area contributed by atoms with E-state index < -0.39 is 0 Å². The van der Waals surface area contributed by atoms with Gasteiger partial charge in [-0.15, -0.1) is 16.4 Å². The quantitative estimate of drug-likeness (QED) is 0.172. The number of nitrogens with one attached hydrogen (secondary N) is 1. The van der Waals surface area contributed by atoms with Crippen LogP contribution in [0.1, 0.15) is 5.56 Å². The molecule has 4 aromatic carbocycles. The van der Waals surface area contributed by atoms with E-state index in [0.717, 1.165) is 39.2 Å². The smallest absolute Gasteiger partial charge is 0.250 e. The maximum Gasteiger partial charge on any atom is 0.250 e. The number of fused-ring (bicyclic) bond motifs is 1. The van der Waals surface area contributed by atoms with Crippen molar-refractivity contribution in [1.82, 2.24) is 20.0 Å². The fraction of sp³-hybridized carbons (Fsp3) is 0.0625. The molecular weight excluding hydrogens is 535 g/mol. The molecule has 1 amide bonds. The first-order valence-corrected chi connectivity index (χ1v) is 14.6. The number of para-hydroxylation sites is 2. The lowest BCUT2D eigenvalue weighted by molar-refractivity contribution is -0.118. The predicted molar refractivity (Wildman–Crippen MR) is 163 cm³/mol. The van der Waals surface area contributed by atoms with Crippen LogP contribution in [0.15, 0.2) is 125 Å². The number of amides is 1. The number of aromatic nitrogens is 3. The zero-order valence-corrected chi connectivity index (χ0v) is 23.3. The van der Waals surface area contributed by atoms with E-state index in [1.54, 1.807) is 0 Å². The highest BCUT2D eigenvalue weighted by Gasteiger charge is 2.14. The highest BCUT2D eigenvalue weighted by molar-refractivity contribution is 8.00. The molecule has 6 nitrogen and oxygen atoms in total. The maximum absolute atomic E-state index is 13.0. The minimum Gasteiger partial charge on any atom is -0.284 e. The van der Waals surface area contributed by atoms with Gasteiger partial charge in [-0.3, -0.25) is 9.36 Å². The average Bonchev–Trinajstić information content (AvgIpc) is 3.43. The van der Waals surface area contributed by atoms with Crippen molar-refractivity contribution in [2.45, 2.75) is 11.9 Å². The third-order valence-corrected chi connectivity index (χ3v) is 8.06. The molecule has 0 unspecified atom stereocenters. The van der Waals surface area contributed by atoms with E-state index in [1.165, 1.54) is 28.7 Å². The second-order valence-electron chi connectivity index (χ2n) is 9.11. The minimum absolute atomic E-state index is 0.151. The molecule has 0 spiro atoms. The standard InChI is InChI=1S/C32H25N5OS2/c1-22-16-18-25(19-17-22)37-28(23-10-4-2-5-11-23)20-40-32(37)36-35-29(38)21-39-31-30(24-12-6-3-7-13-24)33-26-14-8-9-15-27(26)34-31/h2-20H,21H2,1H3,(H,35,38)/b36-32-. The van der Waals surface area contributed by atoms with Crippen LogP contribution in [-0.4, -0.2) is 26.2 Å². The van der Waals surface area contributed by atoms with E-state index in [1.807, 2.05) is 72.8 Å². The van der Waals surface area contributed by atoms with Gasteiger partial charge in [-0.25, -0.2) is 15.4 Å². The molecule has 8 heteroatoms. The van der Waals surface area contributed by atoms with Crippen LogP contribution in [0.3, 0.4) is 0 Å². The summed E-state index contributed by atoms with van der Waals surface area (Å²) in [7, 11) is 0. The topological polar surface area (TPSA) is 72.2 Å². The number of carbonyl (C=O) groups is 1. The molecule has 6 rings (SSSR count). The second-order valence-corrected chi connectivity index (χ2v) is 10.9. The van der Waals surface area contributed by atoms with Crippen molar-refractivity contribution in [1.29, 1.82) is 0 Å². The monoisotopic (exact) mass is 559 g/mol. The van der Waals surface area contributed by atoms with Gasteiger partial charge in [-0.05, 0) is 36.8 Å². The summed E-state index contributed by atoms with van der Waals surface area (Å²) in [5.41, 5.74) is 10.3. The van der Waals surface area contributed by atoms with Gasteiger partial charge in [0.2, 0.25) is 4.80 Å². The van der Waals surface area contributed by atoms with E-state index in [4.69, 9.17) is 9.97 Å². The van der Waals surface area contributed by atoms with Gasteiger partial charge in [0.05, 0.1) is 22.5 Å². The Morgan fingerprint density at radius 3 is 2.15 bits per heavy atom. The molecule has 40 heavy (non-hydrogen) atoms. The molecule has 2 heterocycles. The Bertz CT molecular complexity index is 1850. The summed E-state index contributed by atoms with van der Waals surface area (Å²) in [5.74, 6) is -0.0678. The van der Waals surface area contributed by atoms with Gasteiger partial charge >= 0.3 is 0 Å². The number of rotatable bonds is 7. The van der Waals surface area contributed by atoms with Gasteiger partial charge in [-0.1, -0.05) is 102 Å². The molecule has 0 saturated carbocycles. The molecule has 0 fully saturated rings. The van der Waals surface area contributed by atoms with Gasteiger partial charge in [0.15, 0.2) is 0 Å². The highest BCUT2D eigenvalue weighted by atomic mass is 32.2. The molecule has 6 aromatic rings. The van der Waals surface area contributed by atoms with Crippen LogP contribution in [0.2, 0.25) is 0 Å². The van der Waals surface area contributed by atoms with Crippen LogP contribution in [-0.2, 0) is 4.79 Å². The van der Waals surface area contributed by atoms with Crippen molar-refractivity contribution in [3.8, 4) is 28.2 Å². The van der Waals surface area contributed by atoms with Gasteiger partial charge in [-0.2, -0.15) is 0 Å². The van der Waals surface area contributed by atoms with E-state index in [9.17, 15) is 4.79 Å². The zero-order valence-electron chi connectivity index (χ0n) is 21.7. The molecule has 0 radical (unpaired) electrons. The lowest BCUT2D eigenvalue weighted by Gasteiger charge is -2.10. The highest BCUT2D eigenvalue weighted by Crippen LogP contribution is 2.30. The van der Waals surface area contributed by atoms with Crippen molar-refractivity contribution in [3.05, 3.63) is 125 Å². The molecule has 0 atom stereocenters. The first-order valence-electron chi connectivity index (χ1n) is 12.8. The predicted octanol–water partition coefficient (Wildman–Crippen LogP) is 6.85. The molecule has 2 aromatic heterocycles. The Kier molecular flexibility index (Phi) is 7.52. The largest absolute Gasteiger partial charge is 0.284 e. The Morgan fingerprint density at radius 1 is 0.825 bits per heavy atom. The average molecular weight is 560 g/mol. The van der Waals surface area contributed by atoms with Crippen molar-refractivity contribution in [2.75, 3.05) is 5.75 Å². The Hall–Kier alpha value is -4.53. The van der Waals surface area contributed by atoms with E-state index in [-0.39, 0.29) is 11.7 Å². The number of carbonyl (C=O) groups excluding carboxylic acids is 1.